The molecule has 0 aromatic carbocycles. The Morgan fingerprint density at radius 1 is 0.975 bits per heavy atom. The van der Waals surface area contributed by atoms with Crippen LogP contribution in [-0.4, -0.2) is 71.0 Å². The SMILES string of the molecule is Cn1cccc1C(=O)NCc1cn2c(n1)CN(Cc1ccncc1)CC2.O=C(O)C(F)(F)F.O=C(O)C(F)(F)F. The molecule has 0 spiro atoms. The van der Waals surface area contributed by atoms with Gasteiger partial charge >= 0.3 is 24.3 Å². The number of nitrogens with zero attached hydrogens (tertiary/aromatic N) is 5. The Labute approximate surface area is 222 Å². The van der Waals surface area contributed by atoms with E-state index >= 15 is 0 Å². The predicted octanol–water partition coefficient (Wildman–Crippen LogP) is 2.83. The number of hydrogen-bond donors (Lipinski definition) is 3. The van der Waals surface area contributed by atoms with Crippen LogP contribution in [0.25, 0.3) is 0 Å². The van der Waals surface area contributed by atoms with Gasteiger partial charge in [-0.15, -0.1) is 0 Å². The van der Waals surface area contributed by atoms with Gasteiger partial charge in [0.15, 0.2) is 0 Å². The lowest BCUT2D eigenvalue weighted by molar-refractivity contribution is -0.193. The Morgan fingerprint density at radius 3 is 2.05 bits per heavy atom. The third kappa shape index (κ3) is 10.0. The molecule has 0 saturated carbocycles. The Morgan fingerprint density at radius 2 is 1.55 bits per heavy atom. The molecule has 40 heavy (non-hydrogen) atoms. The number of alkyl halides is 6. The van der Waals surface area contributed by atoms with Crippen LogP contribution in [0.1, 0.15) is 27.6 Å². The molecule has 0 unspecified atom stereocenters. The average Bonchev–Trinajstić information content (AvgIpc) is 3.48. The molecular weight excluding hydrogens is 554 g/mol. The molecular formula is C23H24F6N6O5. The van der Waals surface area contributed by atoms with Crippen LogP contribution in [0.15, 0.2) is 49.1 Å². The van der Waals surface area contributed by atoms with Gasteiger partial charge in [0.2, 0.25) is 0 Å². The second kappa shape index (κ2) is 13.6. The van der Waals surface area contributed by atoms with Crippen LogP contribution in [-0.2, 0) is 42.8 Å². The Bertz CT molecular complexity index is 1270. The van der Waals surface area contributed by atoms with Crippen molar-refractivity contribution in [1.82, 2.24) is 29.3 Å². The summed E-state index contributed by atoms with van der Waals surface area (Å²) in [6.45, 7) is 4.05. The minimum atomic E-state index is -5.08. The molecule has 0 radical (unpaired) electrons. The molecule has 3 N–H and O–H groups in total. The fraction of sp³-hybridized carbons (Fsp3) is 0.348. The first-order valence-electron chi connectivity index (χ1n) is 11.2. The van der Waals surface area contributed by atoms with Crippen molar-refractivity contribution in [2.75, 3.05) is 6.54 Å². The lowest BCUT2D eigenvalue weighted by Gasteiger charge is -2.27. The highest BCUT2D eigenvalue weighted by molar-refractivity contribution is 5.92. The molecule has 11 nitrogen and oxygen atoms in total. The van der Waals surface area contributed by atoms with E-state index in [1.807, 2.05) is 60.7 Å². The van der Waals surface area contributed by atoms with Crippen LogP contribution < -0.4 is 5.32 Å². The minimum absolute atomic E-state index is 0.0808. The molecule has 17 heteroatoms. The van der Waals surface area contributed by atoms with E-state index in [2.05, 4.69) is 19.8 Å². The number of aromatic nitrogens is 4. The molecule has 0 atom stereocenters. The number of amides is 1. The molecule has 4 rings (SSSR count). The molecule has 0 bridgehead atoms. The number of pyridine rings is 1. The molecule has 1 amide bonds. The van der Waals surface area contributed by atoms with Gasteiger partial charge in [-0.2, -0.15) is 26.3 Å². The number of hydrogen-bond acceptors (Lipinski definition) is 6. The van der Waals surface area contributed by atoms with Crippen molar-refractivity contribution in [3.63, 3.8) is 0 Å². The Balaban J connectivity index is 0.000000333. The summed E-state index contributed by atoms with van der Waals surface area (Å²) in [7, 11) is 1.86. The van der Waals surface area contributed by atoms with Crippen molar-refractivity contribution in [2.24, 2.45) is 7.05 Å². The standard InChI is InChI=1S/C19H22N6O.2C2HF3O2/c1-23-8-2-3-17(23)19(26)21-11-16-13-25-10-9-24(14-18(25)22-16)12-15-4-6-20-7-5-15;2*3-2(4,5)1(6)7/h2-8,13H,9-12,14H2,1H3,(H,21,26);2*(H,6,7). The summed E-state index contributed by atoms with van der Waals surface area (Å²) in [5.74, 6) is -4.55. The van der Waals surface area contributed by atoms with Crippen LogP contribution in [0.3, 0.4) is 0 Å². The molecule has 3 aromatic heterocycles. The first kappa shape index (κ1) is 31.8. The third-order valence-corrected chi connectivity index (χ3v) is 5.18. The van der Waals surface area contributed by atoms with E-state index in [-0.39, 0.29) is 5.91 Å². The van der Waals surface area contributed by atoms with Gasteiger partial charge in [-0.1, -0.05) is 0 Å². The van der Waals surface area contributed by atoms with Gasteiger partial charge < -0.3 is 24.7 Å². The summed E-state index contributed by atoms with van der Waals surface area (Å²) < 4.78 is 67.5. The topological polar surface area (TPSA) is 143 Å². The number of rotatable bonds is 5. The number of nitrogens with one attached hydrogen (secondary N) is 1. The maximum absolute atomic E-state index is 12.2. The van der Waals surface area contributed by atoms with Crippen LogP contribution in [0.4, 0.5) is 26.3 Å². The molecule has 0 fully saturated rings. The number of carbonyl (C=O) groups excluding carboxylic acids is 1. The monoisotopic (exact) mass is 578 g/mol. The van der Waals surface area contributed by atoms with E-state index in [0.717, 1.165) is 37.7 Å². The molecule has 1 aliphatic heterocycles. The number of aliphatic carboxylic acids is 2. The normalized spacial score (nSPS) is 13.2. The smallest absolute Gasteiger partial charge is 0.475 e. The molecule has 4 heterocycles. The van der Waals surface area contributed by atoms with Gasteiger partial charge in [0.25, 0.3) is 5.91 Å². The Kier molecular flexibility index (Phi) is 10.8. The van der Waals surface area contributed by atoms with Crippen molar-refractivity contribution in [3.8, 4) is 0 Å². The van der Waals surface area contributed by atoms with E-state index in [9.17, 15) is 31.1 Å². The minimum Gasteiger partial charge on any atom is -0.475 e. The Hall–Kier alpha value is -4.41. The van der Waals surface area contributed by atoms with Crippen molar-refractivity contribution in [2.45, 2.75) is 38.5 Å². The highest BCUT2D eigenvalue weighted by Crippen LogP contribution is 2.16. The zero-order valence-electron chi connectivity index (χ0n) is 20.8. The molecule has 0 aliphatic carbocycles. The summed E-state index contributed by atoms with van der Waals surface area (Å²) in [5, 5.41) is 17.2. The van der Waals surface area contributed by atoms with Gasteiger partial charge in [-0.3, -0.25) is 14.7 Å². The van der Waals surface area contributed by atoms with E-state index in [1.54, 1.807) is 0 Å². The molecule has 1 aliphatic rings. The van der Waals surface area contributed by atoms with Crippen molar-refractivity contribution >= 4 is 17.8 Å². The summed E-state index contributed by atoms with van der Waals surface area (Å²) in [5.41, 5.74) is 2.81. The van der Waals surface area contributed by atoms with Crippen molar-refractivity contribution < 1.29 is 50.9 Å². The van der Waals surface area contributed by atoms with Gasteiger partial charge in [-0.25, -0.2) is 14.6 Å². The summed E-state index contributed by atoms with van der Waals surface area (Å²) in [6.07, 6.45) is -2.60. The maximum Gasteiger partial charge on any atom is 0.490 e. The van der Waals surface area contributed by atoms with Crippen LogP contribution >= 0.6 is 0 Å². The number of carboxylic acid groups (broad SMARTS) is 2. The van der Waals surface area contributed by atoms with E-state index < -0.39 is 24.3 Å². The zero-order chi connectivity index (χ0) is 30.1. The second-order valence-electron chi connectivity index (χ2n) is 8.20. The van der Waals surface area contributed by atoms with Crippen molar-refractivity contribution in [1.29, 1.82) is 0 Å². The second-order valence-corrected chi connectivity index (χ2v) is 8.20. The van der Waals surface area contributed by atoms with Crippen LogP contribution in [0, 0.1) is 0 Å². The number of aryl methyl sites for hydroxylation is 1. The van der Waals surface area contributed by atoms with Crippen molar-refractivity contribution in [3.05, 3.63) is 71.8 Å². The lowest BCUT2D eigenvalue weighted by Crippen LogP contribution is -2.33. The molecule has 0 saturated heterocycles. The summed E-state index contributed by atoms with van der Waals surface area (Å²) >= 11 is 0. The molecule has 3 aromatic rings. The first-order valence-corrected chi connectivity index (χ1v) is 11.2. The van der Waals surface area contributed by atoms with Gasteiger partial charge in [0.1, 0.15) is 11.5 Å². The van der Waals surface area contributed by atoms with E-state index in [1.165, 1.54) is 5.56 Å². The fourth-order valence-corrected chi connectivity index (χ4v) is 3.29. The first-order chi connectivity index (χ1) is 18.6. The van der Waals surface area contributed by atoms with Crippen LogP contribution in [0.5, 0.6) is 0 Å². The van der Waals surface area contributed by atoms with E-state index in [0.29, 0.717) is 12.2 Å². The van der Waals surface area contributed by atoms with Gasteiger partial charge in [0, 0.05) is 51.5 Å². The zero-order valence-corrected chi connectivity index (χ0v) is 20.8. The maximum atomic E-state index is 12.2. The summed E-state index contributed by atoms with van der Waals surface area (Å²) in [4.78, 5) is 41.2. The highest BCUT2D eigenvalue weighted by Gasteiger charge is 2.38. The number of halogens is 6. The number of carbonyl (C=O) groups is 3. The average molecular weight is 578 g/mol. The predicted molar refractivity (Wildman–Crippen MR) is 125 cm³/mol. The van der Waals surface area contributed by atoms with Gasteiger partial charge in [-0.05, 0) is 29.8 Å². The van der Waals surface area contributed by atoms with Crippen LogP contribution in [0.2, 0.25) is 0 Å². The van der Waals surface area contributed by atoms with E-state index in [4.69, 9.17) is 24.8 Å². The number of fused-ring (bicyclic) bond motifs is 1. The number of carboxylic acids is 2. The number of imidazole rings is 1. The quantitative estimate of drug-likeness (QED) is 0.393. The summed E-state index contributed by atoms with van der Waals surface area (Å²) in [6, 6.07) is 7.77. The third-order valence-electron chi connectivity index (χ3n) is 5.18. The van der Waals surface area contributed by atoms with Gasteiger partial charge in [0.05, 0.1) is 18.8 Å². The fourth-order valence-electron chi connectivity index (χ4n) is 3.29. The lowest BCUT2D eigenvalue weighted by atomic mass is 10.2. The highest BCUT2D eigenvalue weighted by atomic mass is 19.4. The largest absolute Gasteiger partial charge is 0.490 e. The molecule has 218 valence electrons.